The lowest BCUT2D eigenvalue weighted by Crippen LogP contribution is -2.26. The van der Waals surface area contributed by atoms with Gasteiger partial charge in [-0.2, -0.15) is 5.10 Å². The molecule has 0 aromatic carbocycles. The fourth-order valence-electron chi connectivity index (χ4n) is 2.41. The van der Waals surface area contributed by atoms with Gasteiger partial charge in [-0.15, -0.1) is 0 Å². The summed E-state index contributed by atoms with van der Waals surface area (Å²) in [5, 5.41) is 7.74. The summed E-state index contributed by atoms with van der Waals surface area (Å²) in [6.45, 7) is 7.61. The summed E-state index contributed by atoms with van der Waals surface area (Å²) < 4.78 is 15.9. The Balaban J connectivity index is 2.28. The van der Waals surface area contributed by atoms with E-state index < -0.39 is 0 Å². The van der Waals surface area contributed by atoms with Gasteiger partial charge in [-0.25, -0.2) is 4.39 Å². The lowest BCUT2D eigenvalue weighted by atomic mass is 10.1. The Labute approximate surface area is 119 Å². The Morgan fingerprint density at radius 3 is 2.85 bits per heavy atom. The van der Waals surface area contributed by atoms with Crippen LogP contribution in [-0.4, -0.2) is 21.3 Å². The normalized spacial score (nSPS) is 12.6. The van der Waals surface area contributed by atoms with Gasteiger partial charge in [0.15, 0.2) is 0 Å². The van der Waals surface area contributed by atoms with Crippen molar-refractivity contribution in [3.63, 3.8) is 0 Å². The quantitative estimate of drug-likeness (QED) is 0.882. The van der Waals surface area contributed by atoms with Gasteiger partial charge < -0.3 is 5.32 Å². The molecule has 2 heterocycles. The van der Waals surface area contributed by atoms with Crippen LogP contribution < -0.4 is 5.32 Å². The van der Waals surface area contributed by atoms with Crippen molar-refractivity contribution in [2.45, 2.75) is 39.8 Å². The molecule has 1 unspecified atom stereocenters. The first-order valence-electron chi connectivity index (χ1n) is 7.02. The molecule has 0 fully saturated rings. The number of halogens is 1. The highest BCUT2D eigenvalue weighted by molar-refractivity contribution is 5.17. The van der Waals surface area contributed by atoms with Crippen molar-refractivity contribution in [2.75, 3.05) is 6.54 Å². The monoisotopic (exact) mass is 276 g/mol. The van der Waals surface area contributed by atoms with Gasteiger partial charge in [-0.3, -0.25) is 9.67 Å². The summed E-state index contributed by atoms with van der Waals surface area (Å²) in [5.74, 6) is -0.266. The van der Waals surface area contributed by atoms with E-state index in [0.717, 1.165) is 24.5 Å². The van der Waals surface area contributed by atoms with E-state index in [1.165, 1.54) is 6.07 Å². The maximum Gasteiger partial charge on any atom is 0.146 e. The number of hydrogen-bond donors (Lipinski definition) is 1. The van der Waals surface area contributed by atoms with Gasteiger partial charge in [0.1, 0.15) is 5.82 Å². The smallest absolute Gasteiger partial charge is 0.146 e. The van der Waals surface area contributed by atoms with E-state index in [2.05, 4.69) is 28.4 Å². The molecule has 1 N–H and O–H groups in total. The van der Waals surface area contributed by atoms with Crippen molar-refractivity contribution in [1.82, 2.24) is 20.1 Å². The zero-order chi connectivity index (χ0) is 14.5. The molecular formula is C15H21FN4. The Morgan fingerprint density at radius 2 is 2.20 bits per heavy atom. The molecule has 2 aromatic rings. The van der Waals surface area contributed by atoms with Crippen molar-refractivity contribution in [3.05, 3.63) is 47.3 Å². The molecule has 108 valence electrons. The number of nitrogens with zero attached hydrogens (tertiary/aromatic N) is 3. The molecule has 2 aromatic heterocycles. The predicted molar refractivity (Wildman–Crippen MR) is 77.0 cm³/mol. The maximum absolute atomic E-state index is 13.9. The van der Waals surface area contributed by atoms with Crippen LogP contribution in [-0.2, 0) is 13.0 Å². The first-order valence-corrected chi connectivity index (χ1v) is 7.02. The molecule has 0 saturated carbocycles. The second kappa shape index (κ2) is 6.61. The largest absolute Gasteiger partial charge is 0.308 e. The van der Waals surface area contributed by atoms with Crippen molar-refractivity contribution in [2.24, 2.45) is 0 Å². The van der Waals surface area contributed by atoms with Crippen LogP contribution in [0.15, 0.2) is 24.4 Å². The lowest BCUT2D eigenvalue weighted by molar-refractivity contribution is 0.477. The molecule has 0 amide bonds. The molecule has 4 nitrogen and oxygen atoms in total. The van der Waals surface area contributed by atoms with Gasteiger partial charge in [0.2, 0.25) is 0 Å². The third-order valence-electron chi connectivity index (χ3n) is 3.27. The van der Waals surface area contributed by atoms with E-state index >= 15 is 0 Å². The summed E-state index contributed by atoms with van der Waals surface area (Å²) >= 11 is 0. The Hall–Kier alpha value is -1.75. The molecule has 0 radical (unpaired) electrons. The first-order chi connectivity index (χ1) is 9.65. The fraction of sp³-hybridized carbons (Fsp3) is 0.467. The van der Waals surface area contributed by atoms with E-state index in [1.54, 1.807) is 12.3 Å². The highest BCUT2D eigenvalue weighted by Crippen LogP contribution is 2.19. The number of aromatic nitrogens is 3. The number of likely N-dealkylation sites (N-methyl/N-ethyl adjacent to an activating group) is 1. The van der Waals surface area contributed by atoms with Gasteiger partial charge >= 0.3 is 0 Å². The zero-order valence-corrected chi connectivity index (χ0v) is 12.2. The minimum absolute atomic E-state index is 0.136. The van der Waals surface area contributed by atoms with Crippen LogP contribution in [0.4, 0.5) is 4.39 Å². The minimum atomic E-state index is -0.266. The molecule has 1 atom stereocenters. The number of pyridine rings is 1. The number of rotatable bonds is 6. The number of nitrogens with one attached hydrogen (secondary N) is 1. The summed E-state index contributed by atoms with van der Waals surface area (Å²) in [6, 6.07) is 4.98. The van der Waals surface area contributed by atoms with Gasteiger partial charge in [-0.1, -0.05) is 6.92 Å². The van der Waals surface area contributed by atoms with Crippen LogP contribution in [0, 0.1) is 12.7 Å². The van der Waals surface area contributed by atoms with Crippen LogP contribution in [0.3, 0.4) is 0 Å². The van der Waals surface area contributed by atoms with E-state index in [9.17, 15) is 4.39 Å². The van der Waals surface area contributed by atoms with Crippen molar-refractivity contribution in [1.29, 1.82) is 0 Å². The topological polar surface area (TPSA) is 42.7 Å². The standard InChI is InChI=1S/C15H21FN4/c1-4-17-14(15-13(16)7-6-8-18-15)10-12-9-11(3)19-20(12)5-2/h6-9,14,17H,4-5,10H2,1-3H3. The molecule has 20 heavy (non-hydrogen) atoms. The average molecular weight is 276 g/mol. The Morgan fingerprint density at radius 1 is 1.40 bits per heavy atom. The molecule has 0 aliphatic rings. The zero-order valence-electron chi connectivity index (χ0n) is 12.2. The van der Waals surface area contributed by atoms with Crippen LogP contribution in [0.25, 0.3) is 0 Å². The summed E-state index contributed by atoms with van der Waals surface area (Å²) in [5.41, 5.74) is 2.55. The van der Waals surface area contributed by atoms with Gasteiger partial charge in [0.25, 0.3) is 0 Å². The Bertz CT molecular complexity index is 565. The predicted octanol–water partition coefficient (Wildman–Crippen LogP) is 2.64. The fourth-order valence-corrected chi connectivity index (χ4v) is 2.41. The van der Waals surface area contributed by atoms with Crippen molar-refractivity contribution in [3.8, 4) is 0 Å². The molecule has 0 aliphatic carbocycles. The van der Waals surface area contributed by atoms with Gasteiger partial charge in [0, 0.05) is 24.9 Å². The van der Waals surface area contributed by atoms with Gasteiger partial charge in [-0.05, 0) is 38.6 Å². The number of hydrogen-bond acceptors (Lipinski definition) is 3. The van der Waals surface area contributed by atoms with Crippen LogP contribution in [0.1, 0.15) is 37.0 Å². The molecule has 0 spiro atoms. The van der Waals surface area contributed by atoms with Crippen molar-refractivity contribution >= 4 is 0 Å². The van der Waals surface area contributed by atoms with Crippen LogP contribution >= 0.6 is 0 Å². The molecule has 0 aliphatic heterocycles. The molecule has 0 bridgehead atoms. The van der Waals surface area contributed by atoms with Crippen molar-refractivity contribution < 1.29 is 4.39 Å². The third-order valence-corrected chi connectivity index (χ3v) is 3.27. The molecular weight excluding hydrogens is 255 g/mol. The molecule has 0 saturated heterocycles. The maximum atomic E-state index is 13.9. The first kappa shape index (κ1) is 14.7. The van der Waals surface area contributed by atoms with E-state index in [-0.39, 0.29) is 11.9 Å². The second-order valence-electron chi connectivity index (χ2n) is 4.78. The van der Waals surface area contributed by atoms with E-state index in [1.807, 2.05) is 18.5 Å². The van der Waals surface area contributed by atoms with E-state index in [0.29, 0.717) is 12.1 Å². The van der Waals surface area contributed by atoms with E-state index in [4.69, 9.17) is 0 Å². The van der Waals surface area contributed by atoms with Crippen LogP contribution in [0.5, 0.6) is 0 Å². The minimum Gasteiger partial charge on any atom is -0.308 e. The van der Waals surface area contributed by atoms with Crippen LogP contribution in [0.2, 0.25) is 0 Å². The average Bonchev–Trinajstić information content (AvgIpc) is 2.79. The molecule has 2 rings (SSSR count). The summed E-state index contributed by atoms with van der Waals surface area (Å²) in [7, 11) is 0. The lowest BCUT2D eigenvalue weighted by Gasteiger charge is -2.18. The summed E-state index contributed by atoms with van der Waals surface area (Å²) in [4.78, 5) is 4.19. The summed E-state index contributed by atoms with van der Waals surface area (Å²) in [6.07, 6.45) is 2.31. The Kier molecular flexibility index (Phi) is 4.84. The number of aryl methyl sites for hydroxylation is 2. The third kappa shape index (κ3) is 3.22. The van der Waals surface area contributed by atoms with Gasteiger partial charge in [0.05, 0.1) is 17.4 Å². The second-order valence-corrected chi connectivity index (χ2v) is 4.78. The highest BCUT2D eigenvalue weighted by Gasteiger charge is 2.18. The highest BCUT2D eigenvalue weighted by atomic mass is 19.1. The molecule has 5 heteroatoms. The SMILES string of the molecule is CCNC(Cc1cc(C)nn1CC)c1ncccc1F.